The second-order valence-electron chi connectivity index (χ2n) is 4.10. The number of hydrogen-bond donors (Lipinski definition) is 0. The van der Waals surface area contributed by atoms with Crippen LogP contribution in [0.25, 0.3) is 0 Å². The molecular weight excluding hydrogens is 256 g/mol. The molecule has 0 aliphatic rings. The van der Waals surface area contributed by atoms with Crippen LogP contribution in [0, 0.1) is 0 Å². The molecule has 4 nitrogen and oxygen atoms in total. The summed E-state index contributed by atoms with van der Waals surface area (Å²) >= 11 is 0. The normalized spacial score (nSPS) is 9.85. The van der Waals surface area contributed by atoms with E-state index in [0.717, 1.165) is 0 Å². The van der Waals surface area contributed by atoms with Gasteiger partial charge in [-0.05, 0) is 24.3 Å². The number of methoxy groups -OCH3 is 1. The maximum Gasteiger partial charge on any atom is 0.338 e. The molecular formula is C16H14O4. The Balaban J connectivity index is 1.97. The zero-order chi connectivity index (χ0) is 14.4. The molecule has 2 aromatic rings. The first-order chi connectivity index (χ1) is 9.70. The van der Waals surface area contributed by atoms with Crippen LogP contribution in [0.2, 0.25) is 0 Å². The monoisotopic (exact) mass is 270 g/mol. The summed E-state index contributed by atoms with van der Waals surface area (Å²) in [6.07, 6.45) is 0. The molecule has 0 saturated carbocycles. The molecule has 0 saturated heterocycles. The molecule has 0 aromatic heterocycles. The molecule has 0 spiro atoms. The first kappa shape index (κ1) is 13.8. The summed E-state index contributed by atoms with van der Waals surface area (Å²) < 4.78 is 10.0. The van der Waals surface area contributed by atoms with Gasteiger partial charge in [-0.1, -0.05) is 30.3 Å². The van der Waals surface area contributed by atoms with Gasteiger partial charge in [0.05, 0.1) is 12.7 Å². The van der Waals surface area contributed by atoms with Crippen molar-refractivity contribution >= 4 is 11.8 Å². The van der Waals surface area contributed by atoms with Crippen LogP contribution in [0.15, 0.2) is 54.6 Å². The molecule has 0 fully saturated rings. The maximum absolute atomic E-state index is 11.9. The molecule has 0 bridgehead atoms. The van der Waals surface area contributed by atoms with Crippen LogP contribution in [-0.4, -0.2) is 25.5 Å². The molecule has 0 unspecified atom stereocenters. The molecule has 0 aliphatic heterocycles. The molecule has 0 N–H and O–H groups in total. The van der Waals surface area contributed by atoms with Gasteiger partial charge in [0.2, 0.25) is 0 Å². The Bertz CT molecular complexity index is 605. The van der Waals surface area contributed by atoms with Crippen molar-refractivity contribution < 1.29 is 19.1 Å². The van der Waals surface area contributed by atoms with Gasteiger partial charge in [0, 0.05) is 5.56 Å². The summed E-state index contributed by atoms with van der Waals surface area (Å²) in [6.45, 7) is -0.291. The maximum atomic E-state index is 11.9. The summed E-state index contributed by atoms with van der Waals surface area (Å²) in [5.41, 5.74) is 0.871. The topological polar surface area (TPSA) is 52.6 Å². The number of hydrogen-bond acceptors (Lipinski definition) is 4. The molecule has 0 aliphatic carbocycles. The van der Waals surface area contributed by atoms with Gasteiger partial charge in [-0.3, -0.25) is 4.79 Å². The predicted molar refractivity (Wildman–Crippen MR) is 74.0 cm³/mol. The molecule has 0 atom stereocenters. The molecule has 2 rings (SSSR count). The molecule has 4 heteroatoms. The molecule has 0 heterocycles. The van der Waals surface area contributed by atoms with Crippen LogP contribution >= 0.6 is 0 Å². The van der Waals surface area contributed by atoms with E-state index in [-0.39, 0.29) is 12.4 Å². The highest BCUT2D eigenvalue weighted by Gasteiger charge is 2.11. The third kappa shape index (κ3) is 3.45. The van der Waals surface area contributed by atoms with E-state index in [4.69, 9.17) is 9.47 Å². The predicted octanol–water partition coefficient (Wildman–Crippen LogP) is 2.73. The van der Waals surface area contributed by atoms with Crippen LogP contribution in [0.4, 0.5) is 0 Å². The van der Waals surface area contributed by atoms with Crippen molar-refractivity contribution in [2.75, 3.05) is 13.7 Å². The van der Waals surface area contributed by atoms with Crippen molar-refractivity contribution in [2.24, 2.45) is 0 Å². The van der Waals surface area contributed by atoms with Gasteiger partial charge < -0.3 is 9.47 Å². The van der Waals surface area contributed by atoms with Gasteiger partial charge in [-0.25, -0.2) is 4.79 Å². The lowest BCUT2D eigenvalue weighted by Gasteiger charge is -2.05. The SMILES string of the molecule is COc1cccc(C(=O)COC(=O)c2ccccc2)c1. The van der Waals surface area contributed by atoms with Crippen LogP contribution in [0.1, 0.15) is 20.7 Å². The van der Waals surface area contributed by atoms with E-state index >= 15 is 0 Å². The van der Waals surface area contributed by atoms with Gasteiger partial charge in [0.1, 0.15) is 5.75 Å². The van der Waals surface area contributed by atoms with Gasteiger partial charge >= 0.3 is 5.97 Å². The van der Waals surface area contributed by atoms with Crippen LogP contribution < -0.4 is 4.74 Å². The van der Waals surface area contributed by atoms with Crippen molar-refractivity contribution in [1.82, 2.24) is 0 Å². The Morgan fingerprint density at radius 1 is 0.950 bits per heavy atom. The molecule has 0 radical (unpaired) electrons. The highest BCUT2D eigenvalue weighted by Crippen LogP contribution is 2.13. The average molecular weight is 270 g/mol. The number of Topliss-reactive ketones (excluding diaryl/α,β-unsaturated/α-hetero) is 1. The summed E-state index contributed by atoms with van der Waals surface area (Å²) in [5, 5.41) is 0. The first-order valence-corrected chi connectivity index (χ1v) is 6.10. The third-order valence-corrected chi connectivity index (χ3v) is 2.74. The van der Waals surface area contributed by atoms with Crippen molar-refractivity contribution in [2.45, 2.75) is 0 Å². The summed E-state index contributed by atoms with van der Waals surface area (Å²) in [5.74, 6) is -0.194. The number of benzene rings is 2. The van der Waals surface area contributed by atoms with Gasteiger partial charge in [0.15, 0.2) is 12.4 Å². The van der Waals surface area contributed by atoms with Crippen LogP contribution in [0.3, 0.4) is 0 Å². The van der Waals surface area contributed by atoms with E-state index < -0.39 is 5.97 Å². The summed E-state index contributed by atoms with van der Waals surface area (Å²) in [7, 11) is 1.53. The van der Waals surface area contributed by atoms with Gasteiger partial charge in [0.25, 0.3) is 0 Å². The Morgan fingerprint density at radius 3 is 2.35 bits per heavy atom. The number of esters is 1. The highest BCUT2D eigenvalue weighted by atomic mass is 16.5. The number of ketones is 1. The Kier molecular flexibility index (Phi) is 4.50. The standard InChI is InChI=1S/C16H14O4/c1-19-14-9-5-8-13(10-14)15(17)11-20-16(18)12-6-3-2-4-7-12/h2-10H,11H2,1H3. The zero-order valence-electron chi connectivity index (χ0n) is 11.0. The lowest BCUT2D eigenvalue weighted by molar-refractivity contribution is 0.0474. The molecule has 2 aromatic carbocycles. The molecule has 0 amide bonds. The minimum absolute atomic E-state index is 0.270. The lowest BCUT2D eigenvalue weighted by Crippen LogP contribution is -2.14. The fourth-order valence-corrected chi connectivity index (χ4v) is 1.67. The van der Waals surface area contributed by atoms with Crippen molar-refractivity contribution in [3.63, 3.8) is 0 Å². The van der Waals surface area contributed by atoms with E-state index in [0.29, 0.717) is 16.9 Å². The first-order valence-electron chi connectivity index (χ1n) is 6.10. The Hall–Kier alpha value is -2.62. The average Bonchev–Trinajstić information content (AvgIpc) is 2.53. The molecule has 102 valence electrons. The number of rotatable bonds is 5. The number of carbonyl (C=O) groups excluding carboxylic acids is 2. The number of carbonyl (C=O) groups is 2. The summed E-state index contributed by atoms with van der Waals surface area (Å²) in [6, 6.07) is 15.3. The Labute approximate surface area is 116 Å². The quantitative estimate of drug-likeness (QED) is 0.619. The fourth-order valence-electron chi connectivity index (χ4n) is 1.67. The van der Waals surface area contributed by atoms with Crippen molar-refractivity contribution in [1.29, 1.82) is 0 Å². The van der Waals surface area contributed by atoms with E-state index in [1.54, 1.807) is 54.6 Å². The van der Waals surface area contributed by atoms with E-state index in [1.165, 1.54) is 7.11 Å². The van der Waals surface area contributed by atoms with Gasteiger partial charge in [-0.2, -0.15) is 0 Å². The van der Waals surface area contributed by atoms with Crippen LogP contribution in [0.5, 0.6) is 5.75 Å². The van der Waals surface area contributed by atoms with E-state index in [1.807, 2.05) is 0 Å². The van der Waals surface area contributed by atoms with E-state index in [2.05, 4.69) is 0 Å². The third-order valence-electron chi connectivity index (χ3n) is 2.74. The minimum Gasteiger partial charge on any atom is -0.497 e. The fraction of sp³-hybridized carbons (Fsp3) is 0.125. The second kappa shape index (κ2) is 6.52. The lowest BCUT2D eigenvalue weighted by atomic mass is 10.1. The zero-order valence-corrected chi connectivity index (χ0v) is 11.0. The van der Waals surface area contributed by atoms with Crippen LogP contribution in [-0.2, 0) is 4.74 Å². The number of ether oxygens (including phenoxy) is 2. The highest BCUT2D eigenvalue weighted by molar-refractivity contribution is 5.99. The largest absolute Gasteiger partial charge is 0.497 e. The molecule has 20 heavy (non-hydrogen) atoms. The van der Waals surface area contributed by atoms with E-state index in [9.17, 15) is 9.59 Å². The van der Waals surface area contributed by atoms with Crippen molar-refractivity contribution in [3.05, 3.63) is 65.7 Å². The minimum atomic E-state index is -0.512. The smallest absolute Gasteiger partial charge is 0.338 e. The Morgan fingerprint density at radius 2 is 1.65 bits per heavy atom. The summed E-state index contributed by atoms with van der Waals surface area (Å²) in [4.78, 5) is 23.6. The van der Waals surface area contributed by atoms with Crippen molar-refractivity contribution in [3.8, 4) is 5.75 Å². The second-order valence-corrected chi connectivity index (χ2v) is 4.10. The van der Waals surface area contributed by atoms with Gasteiger partial charge in [-0.15, -0.1) is 0 Å².